The van der Waals surface area contributed by atoms with Gasteiger partial charge in [-0.3, -0.25) is 4.79 Å². The monoisotopic (exact) mass is 381 g/mol. The number of aromatic nitrogens is 2. The van der Waals surface area contributed by atoms with E-state index < -0.39 is 5.82 Å². The zero-order chi connectivity index (χ0) is 15.7. The summed E-state index contributed by atoms with van der Waals surface area (Å²) in [7, 11) is 0. The van der Waals surface area contributed by atoms with Crippen LogP contribution in [0, 0.1) is 5.82 Å². The van der Waals surface area contributed by atoms with Gasteiger partial charge in [-0.2, -0.15) is 0 Å². The van der Waals surface area contributed by atoms with Gasteiger partial charge in [0.1, 0.15) is 17.2 Å². The first-order valence-corrected chi connectivity index (χ1v) is 7.56. The molecule has 0 aliphatic carbocycles. The van der Waals surface area contributed by atoms with Crippen LogP contribution in [0.5, 0.6) is 0 Å². The molecule has 2 aromatic heterocycles. The first-order valence-electron chi connectivity index (χ1n) is 6.39. The fourth-order valence-electron chi connectivity index (χ4n) is 2.00. The Morgan fingerprint density at radius 2 is 2.14 bits per heavy atom. The number of halogens is 3. The number of imidazole rings is 1. The minimum atomic E-state index is -0.484. The highest BCUT2D eigenvalue weighted by Crippen LogP contribution is 2.16. The van der Waals surface area contributed by atoms with Crippen molar-refractivity contribution in [1.82, 2.24) is 14.7 Å². The van der Waals surface area contributed by atoms with Crippen molar-refractivity contribution < 1.29 is 9.18 Å². The largest absolute Gasteiger partial charge is 0.347 e. The second-order valence-corrected chi connectivity index (χ2v) is 5.99. The topological polar surface area (TPSA) is 46.4 Å². The van der Waals surface area contributed by atoms with Crippen LogP contribution < -0.4 is 5.32 Å². The van der Waals surface area contributed by atoms with Crippen LogP contribution in [-0.2, 0) is 6.54 Å². The summed E-state index contributed by atoms with van der Waals surface area (Å²) >= 11 is 9.07. The molecule has 7 heteroatoms. The molecule has 0 radical (unpaired) electrons. The molecule has 3 rings (SSSR count). The number of carbonyl (C=O) groups is 1. The molecule has 1 N–H and O–H groups in total. The number of rotatable bonds is 3. The third-order valence-electron chi connectivity index (χ3n) is 3.08. The highest BCUT2D eigenvalue weighted by Gasteiger charge is 2.11. The molecule has 0 saturated carbocycles. The fraction of sp³-hybridized carbons (Fsp3) is 0.0667. The number of hydrogen-bond donors (Lipinski definition) is 1. The van der Waals surface area contributed by atoms with Gasteiger partial charge in [0.15, 0.2) is 0 Å². The summed E-state index contributed by atoms with van der Waals surface area (Å²) in [4.78, 5) is 16.4. The Morgan fingerprint density at radius 1 is 1.32 bits per heavy atom. The number of pyridine rings is 1. The number of amides is 1. The van der Waals surface area contributed by atoms with E-state index in [2.05, 4.69) is 26.2 Å². The quantitative estimate of drug-likeness (QED) is 0.748. The molecule has 0 bridgehead atoms. The maximum absolute atomic E-state index is 13.1. The van der Waals surface area contributed by atoms with Gasteiger partial charge in [0, 0.05) is 23.4 Å². The number of nitrogens with zero attached hydrogens (tertiary/aromatic N) is 2. The zero-order valence-corrected chi connectivity index (χ0v) is 13.5. The van der Waals surface area contributed by atoms with Crippen LogP contribution in [0.4, 0.5) is 4.39 Å². The van der Waals surface area contributed by atoms with Gasteiger partial charge in [-0.25, -0.2) is 9.37 Å². The van der Waals surface area contributed by atoms with Gasteiger partial charge in [-0.15, -0.1) is 0 Å². The summed E-state index contributed by atoms with van der Waals surface area (Å²) < 4.78 is 15.7. The summed E-state index contributed by atoms with van der Waals surface area (Å²) in [5.74, 6) is -0.789. The normalized spacial score (nSPS) is 10.9. The van der Waals surface area contributed by atoms with Crippen LogP contribution in [0.15, 0.2) is 47.2 Å². The second-order valence-electron chi connectivity index (χ2n) is 4.67. The molecule has 1 amide bonds. The molecule has 0 aliphatic heterocycles. The van der Waals surface area contributed by atoms with Crippen LogP contribution in [-0.4, -0.2) is 15.3 Å². The van der Waals surface area contributed by atoms with Gasteiger partial charge in [0.05, 0.1) is 5.02 Å². The summed E-state index contributed by atoms with van der Waals surface area (Å²) in [6.07, 6.45) is 3.46. The average Bonchev–Trinajstić information content (AvgIpc) is 2.91. The SMILES string of the molecule is O=C(NCc1ccc(F)c(Cl)c1)c1cn2cc(Br)ccc2n1. The van der Waals surface area contributed by atoms with Crippen molar-refractivity contribution in [2.24, 2.45) is 0 Å². The number of nitrogens with one attached hydrogen (secondary N) is 1. The van der Waals surface area contributed by atoms with Crippen LogP contribution >= 0.6 is 27.5 Å². The summed E-state index contributed by atoms with van der Waals surface area (Å²) in [5, 5.41) is 2.76. The van der Waals surface area contributed by atoms with E-state index in [0.717, 1.165) is 4.47 Å². The smallest absolute Gasteiger partial charge is 0.271 e. The molecule has 22 heavy (non-hydrogen) atoms. The van der Waals surface area contributed by atoms with Crippen molar-refractivity contribution in [2.45, 2.75) is 6.54 Å². The molecule has 0 fully saturated rings. The van der Waals surface area contributed by atoms with Crippen LogP contribution in [0.25, 0.3) is 5.65 Å². The minimum absolute atomic E-state index is 0.0318. The van der Waals surface area contributed by atoms with E-state index in [4.69, 9.17) is 11.6 Å². The van der Waals surface area contributed by atoms with Gasteiger partial charge in [-0.05, 0) is 45.8 Å². The maximum atomic E-state index is 13.1. The Labute approximate surface area is 139 Å². The molecule has 112 valence electrons. The lowest BCUT2D eigenvalue weighted by molar-refractivity contribution is 0.0946. The van der Waals surface area contributed by atoms with Crippen molar-refractivity contribution in [3.63, 3.8) is 0 Å². The van der Waals surface area contributed by atoms with E-state index in [0.29, 0.717) is 16.9 Å². The van der Waals surface area contributed by atoms with Crippen LogP contribution in [0.2, 0.25) is 5.02 Å². The third kappa shape index (κ3) is 3.13. The van der Waals surface area contributed by atoms with Gasteiger partial charge >= 0.3 is 0 Å². The Balaban J connectivity index is 1.74. The van der Waals surface area contributed by atoms with Gasteiger partial charge < -0.3 is 9.72 Å². The lowest BCUT2D eigenvalue weighted by Gasteiger charge is -2.04. The van der Waals surface area contributed by atoms with E-state index >= 15 is 0 Å². The first kappa shape index (κ1) is 15.0. The number of hydrogen-bond acceptors (Lipinski definition) is 2. The zero-order valence-electron chi connectivity index (χ0n) is 11.2. The molecule has 2 heterocycles. The second kappa shape index (κ2) is 6.06. The standard InChI is InChI=1S/C15H10BrClFN3O/c16-10-2-4-14-20-13(8-21(14)7-10)15(22)19-6-9-1-3-12(18)11(17)5-9/h1-5,7-8H,6H2,(H,19,22). The Kier molecular flexibility index (Phi) is 4.13. The summed E-state index contributed by atoms with van der Waals surface area (Å²) in [6, 6.07) is 7.98. The van der Waals surface area contributed by atoms with E-state index in [1.54, 1.807) is 22.7 Å². The summed E-state index contributed by atoms with van der Waals surface area (Å²) in [5.41, 5.74) is 1.70. The minimum Gasteiger partial charge on any atom is -0.347 e. The van der Waals surface area contributed by atoms with Gasteiger partial charge in [-0.1, -0.05) is 17.7 Å². The van der Waals surface area contributed by atoms with Crippen LogP contribution in [0.3, 0.4) is 0 Å². The lowest BCUT2D eigenvalue weighted by atomic mass is 10.2. The average molecular weight is 383 g/mol. The lowest BCUT2D eigenvalue weighted by Crippen LogP contribution is -2.23. The predicted molar refractivity (Wildman–Crippen MR) is 85.5 cm³/mol. The number of fused-ring (bicyclic) bond motifs is 1. The van der Waals surface area contributed by atoms with Crippen LogP contribution in [0.1, 0.15) is 16.1 Å². The third-order valence-corrected chi connectivity index (χ3v) is 3.84. The molecule has 3 aromatic rings. The number of benzene rings is 1. The molecule has 0 spiro atoms. The molecular formula is C15H10BrClFN3O. The fourth-order valence-corrected chi connectivity index (χ4v) is 2.55. The number of carbonyl (C=O) groups excluding carboxylic acids is 1. The van der Waals surface area contributed by atoms with Crippen molar-refractivity contribution in [1.29, 1.82) is 0 Å². The predicted octanol–water partition coefficient (Wildman–Crippen LogP) is 3.82. The molecule has 0 saturated heterocycles. The highest BCUT2D eigenvalue weighted by molar-refractivity contribution is 9.10. The molecule has 0 atom stereocenters. The van der Waals surface area contributed by atoms with E-state index in [9.17, 15) is 9.18 Å². The Morgan fingerprint density at radius 3 is 2.91 bits per heavy atom. The van der Waals surface area contributed by atoms with Gasteiger partial charge in [0.2, 0.25) is 0 Å². The molecular weight excluding hydrogens is 373 g/mol. The van der Waals surface area contributed by atoms with Crippen molar-refractivity contribution in [3.05, 3.63) is 69.3 Å². The highest BCUT2D eigenvalue weighted by atomic mass is 79.9. The maximum Gasteiger partial charge on any atom is 0.271 e. The van der Waals surface area contributed by atoms with E-state index in [1.807, 2.05) is 12.3 Å². The van der Waals surface area contributed by atoms with Crippen molar-refractivity contribution in [2.75, 3.05) is 0 Å². The van der Waals surface area contributed by atoms with Crippen molar-refractivity contribution >= 4 is 39.1 Å². The van der Waals surface area contributed by atoms with Gasteiger partial charge in [0.25, 0.3) is 5.91 Å². The summed E-state index contributed by atoms with van der Waals surface area (Å²) in [6.45, 7) is 0.246. The molecule has 0 unspecified atom stereocenters. The van der Waals surface area contributed by atoms with E-state index in [1.165, 1.54) is 12.1 Å². The van der Waals surface area contributed by atoms with E-state index in [-0.39, 0.29) is 17.5 Å². The molecule has 4 nitrogen and oxygen atoms in total. The Hall–Kier alpha value is -1.92. The van der Waals surface area contributed by atoms with Crippen molar-refractivity contribution in [3.8, 4) is 0 Å². The Bertz CT molecular complexity index is 865. The molecule has 0 aliphatic rings. The first-order chi connectivity index (χ1) is 10.5. The molecule has 1 aromatic carbocycles.